The summed E-state index contributed by atoms with van der Waals surface area (Å²) in [4.78, 5) is 0. The first-order valence-electron chi connectivity index (χ1n) is 6.48. The fraction of sp³-hybridized carbons (Fsp3) is 1.00. The van der Waals surface area contributed by atoms with Crippen molar-refractivity contribution in [2.24, 2.45) is 0 Å². The van der Waals surface area contributed by atoms with E-state index in [1.807, 2.05) is 0 Å². The van der Waals surface area contributed by atoms with Crippen LogP contribution in [0.1, 0.15) is 58.3 Å². The lowest BCUT2D eigenvalue weighted by Gasteiger charge is -2.04. The maximum Gasteiger partial charge on any atom is 0.0466 e. The van der Waals surface area contributed by atoms with Crippen LogP contribution in [0.4, 0.5) is 0 Å². The molecule has 0 radical (unpaired) electrons. The molecule has 0 bridgehead atoms. The van der Waals surface area contributed by atoms with Gasteiger partial charge in [0.1, 0.15) is 0 Å². The first kappa shape index (κ1) is 14.9. The highest BCUT2D eigenvalue weighted by molar-refractivity contribution is 4.43. The second-order valence-corrected chi connectivity index (χ2v) is 4.08. The van der Waals surface area contributed by atoms with Gasteiger partial charge in [0, 0.05) is 26.9 Å². The quantitative estimate of drug-likeness (QED) is 0.462. The molecule has 0 unspecified atom stereocenters. The van der Waals surface area contributed by atoms with Crippen LogP contribution in [0, 0.1) is 0 Å². The van der Waals surface area contributed by atoms with Crippen molar-refractivity contribution in [1.82, 2.24) is 0 Å². The summed E-state index contributed by atoms with van der Waals surface area (Å²) in [6, 6.07) is 0. The molecule has 0 atom stereocenters. The lowest BCUT2D eigenvalue weighted by Crippen LogP contribution is -1.97. The summed E-state index contributed by atoms with van der Waals surface area (Å²) >= 11 is 0. The third-order valence-corrected chi connectivity index (χ3v) is 2.53. The summed E-state index contributed by atoms with van der Waals surface area (Å²) in [6.45, 7) is 5.04. The Bertz CT molecular complexity index is 92.7. The Kier molecular flexibility index (Phi) is 13.8. The van der Waals surface area contributed by atoms with Crippen molar-refractivity contribution >= 4 is 0 Å². The number of hydrogen-bond acceptors (Lipinski definition) is 2. The van der Waals surface area contributed by atoms with Crippen molar-refractivity contribution < 1.29 is 9.47 Å². The molecule has 0 rings (SSSR count). The van der Waals surface area contributed by atoms with Crippen molar-refractivity contribution in [3.8, 4) is 0 Å². The predicted octanol–water partition coefficient (Wildman–Crippen LogP) is 3.79. The van der Waals surface area contributed by atoms with Crippen LogP contribution in [0.5, 0.6) is 0 Å². The zero-order valence-electron chi connectivity index (χ0n) is 10.6. The van der Waals surface area contributed by atoms with E-state index in [0.717, 1.165) is 19.8 Å². The molecular formula is C13H28O2. The summed E-state index contributed by atoms with van der Waals surface area (Å²) < 4.78 is 10.5. The van der Waals surface area contributed by atoms with Crippen LogP contribution in [-0.2, 0) is 9.47 Å². The van der Waals surface area contributed by atoms with Crippen molar-refractivity contribution in [3.05, 3.63) is 0 Å². The Balaban J connectivity index is 2.81. The van der Waals surface area contributed by atoms with Gasteiger partial charge in [-0.25, -0.2) is 0 Å². The van der Waals surface area contributed by atoms with Crippen LogP contribution in [0.2, 0.25) is 0 Å². The maximum atomic E-state index is 5.56. The lowest BCUT2D eigenvalue weighted by molar-refractivity contribution is 0.124. The Morgan fingerprint density at radius 2 is 1.20 bits per heavy atom. The van der Waals surface area contributed by atoms with Gasteiger partial charge in [-0.05, 0) is 19.3 Å². The Hall–Kier alpha value is -0.0800. The number of unbranched alkanes of at least 4 members (excludes halogenated alkanes) is 6. The van der Waals surface area contributed by atoms with E-state index in [9.17, 15) is 0 Å². The van der Waals surface area contributed by atoms with E-state index in [1.165, 1.54) is 51.4 Å². The molecule has 2 nitrogen and oxygen atoms in total. The first-order chi connectivity index (χ1) is 7.41. The molecule has 0 aliphatic heterocycles. The number of rotatable bonds is 12. The molecule has 92 valence electrons. The van der Waals surface area contributed by atoms with E-state index in [4.69, 9.17) is 9.47 Å². The van der Waals surface area contributed by atoms with Crippen molar-refractivity contribution in [1.29, 1.82) is 0 Å². The molecule has 0 spiro atoms. The number of ether oxygens (including phenoxy) is 2. The lowest BCUT2D eigenvalue weighted by atomic mass is 10.2. The van der Waals surface area contributed by atoms with E-state index in [2.05, 4.69) is 6.92 Å². The summed E-state index contributed by atoms with van der Waals surface area (Å²) in [7, 11) is 1.76. The molecule has 0 aromatic heterocycles. The van der Waals surface area contributed by atoms with Crippen molar-refractivity contribution in [2.75, 3.05) is 26.9 Å². The molecule has 0 aliphatic rings. The van der Waals surface area contributed by atoms with Crippen molar-refractivity contribution in [2.45, 2.75) is 58.3 Å². The van der Waals surface area contributed by atoms with E-state index in [-0.39, 0.29) is 0 Å². The zero-order chi connectivity index (χ0) is 11.2. The second-order valence-electron chi connectivity index (χ2n) is 4.08. The molecule has 0 aromatic carbocycles. The Morgan fingerprint density at radius 1 is 0.667 bits per heavy atom. The van der Waals surface area contributed by atoms with E-state index in [1.54, 1.807) is 7.11 Å². The predicted molar refractivity (Wildman–Crippen MR) is 65.3 cm³/mol. The largest absolute Gasteiger partial charge is 0.385 e. The van der Waals surface area contributed by atoms with Gasteiger partial charge < -0.3 is 9.47 Å². The Morgan fingerprint density at radius 3 is 1.73 bits per heavy atom. The molecule has 0 heterocycles. The van der Waals surface area contributed by atoms with E-state index < -0.39 is 0 Å². The van der Waals surface area contributed by atoms with Crippen molar-refractivity contribution in [3.63, 3.8) is 0 Å². The molecule has 0 saturated carbocycles. The summed E-state index contributed by atoms with van der Waals surface area (Å²) in [5.41, 5.74) is 0. The SMILES string of the molecule is CCCCCCOCCCCCCOC. The molecule has 0 saturated heterocycles. The third-order valence-electron chi connectivity index (χ3n) is 2.53. The first-order valence-corrected chi connectivity index (χ1v) is 6.48. The summed E-state index contributed by atoms with van der Waals surface area (Å²) in [6.07, 6.45) is 10.2. The number of hydrogen-bond donors (Lipinski definition) is 0. The molecule has 15 heavy (non-hydrogen) atoms. The average molecular weight is 216 g/mol. The van der Waals surface area contributed by atoms with Gasteiger partial charge in [-0.3, -0.25) is 0 Å². The minimum atomic E-state index is 0.901. The van der Waals surface area contributed by atoms with Gasteiger partial charge in [-0.1, -0.05) is 39.0 Å². The van der Waals surface area contributed by atoms with Crippen LogP contribution in [0.25, 0.3) is 0 Å². The highest BCUT2D eigenvalue weighted by Crippen LogP contribution is 2.02. The standard InChI is InChI=1S/C13H28O2/c1-3-4-5-9-12-15-13-10-7-6-8-11-14-2/h3-13H2,1-2H3. The molecule has 0 aliphatic carbocycles. The minimum absolute atomic E-state index is 0.901. The minimum Gasteiger partial charge on any atom is -0.385 e. The third kappa shape index (κ3) is 13.9. The monoisotopic (exact) mass is 216 g/mol. The van der Waals surface area contributed by atoms with Crippen LogP contribution in [0.3, 0.4) is 0 Å². The van der Waals surface area contributed by atoms with Gasteiger partial charge in [0.05, 0.1) is 0 Å². The summed E-state index contributed by atoms with van der Waals surface area (Å²) in [5.74, 6) is 0. The second kappa shape index (κ2) is 13.9. The smallest absolute Gasteiger partial charge is 0.0466 e. The zero-order valence-corrected chi connectivity index (χ0v) is 10.6. The van der Waals surface area contributed by atoms with E-state index >= 15 is 0 Å². The van der Waals surface area contributed by atoms with Gasteiger partial charge in [0.2, 0.25) is 0 Å². The Labute approximate surface area is 95.3 Å². The molecular weight excluding hydrogens is 188 g/mol. The summed E-state index contributed by atoms with van der Waals surface area (Å²) in [5, 5.41) is 0. The topological polar surface area (TPSA) is 18.5 Å². The molecule has 2 heteroatoms. The highest BCUT2D eigenvalue weighted by Gasteiger charge is 1.91. The van der Waals surface area contributed by atoms with Crippen LogP contribution < -0.4 is 0 Å². The normalized spacial score (nSPS) is 10.8. The molecule has 0 aromatic rings. The van der Waals surface area contributed by atoms with Crippen LogP contribution in [0.15, 0.2) is 0 Å². The van der Waals surface area contributed by atoms with Gasteiger partial charge in [0.25, 0.3) is 0 Å². The highest BCUT2D eigenvalue weighted by atomic mass is 16.5. The van der Waals surface area contributed by atoms with Gasteiger partial charge in [0.15, 0.2) is 0 Å². The van der Waals surface area contributed by atoms with E-state index in [0.29, 0.717) is 0 Å². The fourth-order valence-corrected chi connectivity index (χ4v) is 1.54. The van der Waals surface area contributed by atoms with Crippen LogP contribution >= 0.6 is 0 Å². The van der Waals surface area contributed by atoms with Crippen LogP contribution in [-0.4, -0.2) is 26.9 Å². The average Bonchev–Trinajstić information content (AvgIpc) is 2.26. The molecule has 0 N–H and O–H groups in total. The fourth-order valence-electron chi connectivity index (χ4n) is 1.54. The van der Waals surface area contributed by atoms with Gasteiger partial charge in [-0.15, -0.1) is 0 Å². The molecule has 0 amide bonds. The maximum absolute atomic E-state index is 5.56. The van der Waals surface area contributed by atoms with Gasteiger partial charge in [-0.2, -0.15) is 0 Å². The number of methoxy groups -OCH3 is 1. The molecule has 0 fully saturated rings. The van der Waals surface area contributed by atoms with Gasteiger partial charge >= 0.3 is 0 Å².